The van der Waals surface area contributed by atoms with E-state index < -0.39 is 0 Å². The van der Waals surface area contributed by atoms with Gasteiger partial charge in [0.2, 0.25) is 11.8 Å². The van der Waals surface area contributed by atoms with E-state index in [1.165, 1.54) is 12.8 Å². The average Bonchev–Trinajstić information content (AvgIpc) is 3.01. The number of carbonyl (C=O) groups excluding carboxylic acids is 2. The van der Waals surface area contributed by atoms with Crippen LogP contribution in [0.3, 0.4) is 0 Å². The number of halogens is 1. The molecule has 0 atom stereocenters. The lowest BCUT2D eigenvalue weighted by molar-refractivity contribution is -0.129. The van der Waals surface area contributed by atoms with E-state index >= 15 is 0 Å². The van der Waals surface area contributed by atoms with Crippen LogP contribution in [0.25, 0.3) is 0 Å². The summed E-state index contributed by atoms with van der Waals surface area (Å²) in [5.41, 5.74) is 1.14. The highest BCUT2D eigenvalue weighted by Gasteiger charge is 2.18. The molecule has 2 rings (SSSR count). The van der Waals surface area contributed by atoms with Crippen LogP contribution in [0.4, 0.5) is 0 Å². The van der Waals surface area contributed by atoms with Crippen LogP contribution >= 0.6 is 11.6 Å². The van der Waals surface area contributed by atoms with E-state index in [-0.39, 0.29) is 11.8 Å². The van der Waals surface area contributed by atoms with Crippen LogP contribution in [0.15, 0.2) is 24.3 Å². The first-order valence-corrected chi connectivity index (χ1v) is 8.71. The van der Waals surface area contributed by atoms with Crippen LogP contribution in [0.2, 0.25) is 5.02 Å². The van der Waals surface area contributed by atoms with Crippen molar-refractivity contribution in [1.29, 1.82) is 0 Å². The summed E-state index contributed by atoms with van der Waals surface area (Å²) in [4.78, 5) is 25.5. The second-order valence-electron chi connectivity index (χ2n) is 6.18. The molecular formula is C18H25ClN2O2. The molecule has 0 heterocycles. The lowest BCUT2D eigenvalue weighted by Crippen LogP contribution is -2.37. The molecule has 2 amide bonds. The second-order valence-corrected chi connectivity index (χ2v) is 6.62. The fraction of sp³-hybridized carbons (Fsp3) is 0.556. The molecule has 0 unspecified atom stereocenters. The number of rotatable bonds is 7. The largest absolute Gasteiger partial charge is 0.353 e. The molecule has 126 valence electrons. The zero-order valence-electron chi connectivity index (χ0n) is 13.7. The smallest absolute Gasteiger partial charge is 0.221 e. The summed E-state index contributed by atoms with van der Waals surface area (Å²) in [5.74, 6) is 0.0577. The predicted octanol–water partition coefficient (Wildman–Crippen LogP) is 3.18. The molecule has 1 N–H and O–H groups in total. The molecule has 23 heavy (non-hydrogen) atoms. The summed E-state index contributed by atoms with van der Waals surface area (Å²) in [6.45, 7) is 2.64. The summed E-state index contributed by atoms with van der Waals surface area (Å²) in [5, 5.41) is 3.77. The molecular weight excluding hydrogens is 312 g/mol. The highest BCUT2D eigenvalue weighted by atomic mass is 35.5. The molecule has 1 aliphatic carbocycles. The maximum Gasteiger partial charge on any atom is 0.221 e. The lowest BCUT2D eigenvalue weighted by atomic mass is 10.1. The number of amides is 2. The number of hydrogen-bond donors (Lipinski definition) is 1. The van der Waals surface area contributed by atoms with Crippen molar-refractivity contribution in [2.24, 2.45) is 0 Å². The van der Waals surface area contributed by atoms with E-state index in [1.54, 1.807) is 11.8 Å². The van der Waals surface area contributed by atoms with Gasteiger partial charge in [0.25, 0.3) is 0 Å². The molecule has 0 aromatic heterocycles. The second kappa shape index (κ2) is 8.92. The fourth-order valence-corrected chi connectivity index (χ4v) is 3.07. The SMILES string of the molecule is CC(=O)N(CCC(=O)NC1CCCC1)CCc1ccc(Cl)cc1. The minimum absolute atomic E-state index is 0.00706. The number of carbonyl (C=O) groups is 2. The van der Waals surface area contributed by atoms with Gasteiger partial charge in [-0.2, -0.15) is 0 Å². The monoisotopic (exact) mass is 336 g/mol. The zero-order valence-corrected chi connectivity index (χ0v) is 14.4. The lowest BCUT2D eigenvalue weighted by Gasteiger charge is -2.21. The van der Waals surface area contributed by atoms with Crippen LogP contribution in [0, 0.1) is 0 Å². The Bertz CT molecular complexity index is 524. The Morgan fingerprint density at radius 1 is 1.17 bits per heavy atom. The molecule has 5 heteroatoms. The normalized spacial score (nSPS) is 14.7. The Morgan fingerprint density at radius 2 is 1.83 bits per heavy atom. The summed E-state index contributed by atoms with van der Waals surface area (Å²) in [7, 11) is 0. The van der Waals surface area contributed by atoms with Gasteiger partial charge in [0.1, 0.15) is 0 Å². The van der Waals surface area contributed by atoms with Crippen LogP contribution in [0.5, 0.6) is 0 Å². The molecule has 0 spiro atoms. The van der Waals surface area contributed by atoms with Crippen molar-refractivity contribution in [2.45, 2.75) is 51.5 Å². The Morgan fingerprint density at radius 3 is 2.43 bits per heavy atom. The average molecular weight is 337 g/mol. The van der Waals surface area contributed by atoms with Crippen molar-refractivity contribution in [2.75, 3.05) is 13.1 Å². The molecule has 0 radical (unpaired) electrons. The zero-order chi connectivity index (χ0) is 16.7. The van der Waals surface area contributed by atoms with E-state index in [4.69, 9.17) is 11.6 Å². The molecule has 4 nitrogen and oxygen atoms in total. The highest BCUT2D eigenvalue weighted by Crippen LogP contribution is 2.17. The Kier molecular flexibility index (Phi) is 6.90. The van der Waals surface area contributed by atoms with Gasteiger partial charge in [-0.1, -0.05) is 36.6 Å². The first-order chi connectivity index (χ1) is 11.0. The van der Waals surface area contributed by atoms with E-state index in [2.05, 4.69) is 5.32 Å². The van der Waals surface area contributed by atoms with Crippen molar-refractivity contribution in [3.8, 4) is 0 Å². The first kappa shape index (κ1) is 17.8. The third-order valence-electron chi connectivity index (χ3n) is 4.36. The van der Waals surface area contributed by atoms with E-state index in [9.17, 15) is 9.59 Å². The van der Waals surface area contributed by atoms with Crippen LogP contribution in [0.1, 0.15) is 44.6 Å². The topological polar surface area (TPSA) is 49.4 Å². The van der Waals surface area contributed by atoms with Gasteiger partial charge in [-0.3, -0.25) is 9.59 Å². The van der Waals surface area contributed by atoms with Crippen molar-refractivity contribution in [3.63, 3.8) is 0 Å². The molecule has 1 aromatic rings. The fourth-order valence-electron chi connectivity index (χ4n) is 2.95. The third kappa shape index (κ3) is 6.22. The van der Waals surface area contributed by atoms with Gasteiger partial charge >= 0.3 is 0 Å². The van der Waals surface area contributed by atoms with E-state index in [0.29, 0.717) is 30.6 Å². The summed E-state index contributed by atoms with van der Waals surface area (Å²) >= 11 is 5.87. The third-order valence-corrected chi connectivity index (χ3v) is 4.61. The van der Waals surface area contributed by atoms with Crippen molar-refractivity contribution in [3.05, 3.63) is 34.9 Å². The number of hydrogen-bond acceptors (Lipinski definition) is 2. The van der Waals surface area contributed by atoms with E-state index in [1.807, 2.05) is 24.3 Å². The Hall–Kier alpha value is -1.55. The molecule has 0 bridgehead atoms. The predicted molar refractivity (Wildman–Crippen MR) is 92.4 cm³/mol. The van der Waals surface area contributed by atoms with Gasteiger partial charge in [-0.05, 0) is 37.0 Å². The van der Waals surface area contributed by atoms with Crippen molar-refractivity contribution < 1.29 is 9.59 Å². The van der Waals surface area contributed by atoms with Crippen LogP contribution in [-0.2, 0) is 16.0 Å². The Labute approximate surface area is 143 Å². The molecule has 1 aromatic carbocycles. The van der Waals surface area contributed by atoms with E-state index in [0.717, 1.165) is 24.8 Å². The van der Waals surface area contributed by atoms with Gasteiger partial charge in [-0.25, -0.2) is 0 Å². The van der Waals surface area contributed by atoms with Crippen LogP contribution in [-0.4, -0.2) is 35.8 Å². The molecule has 0 saturated heterocycles. The standard InChI is InChI=1S/C18H25ClN2O2/c1-14(22)21(12-10-15-6-8-16(19)9-7-15)13-11-18(23)20-17-4-2-3-5-17/h6-9,17H,2-5,10-13H2,1H3,(H,20,23). The Balaban J connectivity index is 1.75. The minimum atomic E-state index is 0.00706. The number of nitrogens with zero attached hydrogens (tertiary/aromatic N) is 1. The van der Waals surface area contributed by atoms with Gasteiger partial charge in [0.05, 0.1) is 0 Å². The van der Waals surface area contributed by atoms with Gasteiger partial charge < -0.3 is 10.2 Å². The molecule has 1 aliphatic rings. The van der Waals surface area contributed by atoms with Gasteiger partial charge in [-0.15, -0.1) is 0 Å². The summed E-state index contributed by atoms with van der Waals surface area (Å²) in [6, 6.07) is 7.97. The van der Waals surface area contributed by atoms with Crippen LogP contribution < -0.4 is 5.32 Å². The van der Waals surface area contributed by atoms with Gasteiger partial charge in [0, 0.05) is 37.5 Å². The number of benzene rings is 1. The number of nitrogens with one attached hydrogen (secondary N) is 1. The van der Waals surface area contributed by atoms with Crippen molar-refractivity contribution in [1.82, 2.24) is 10.2 Å². The van der Waals surface area contributed by atoms with Crippen molar-refractivity contribution >= 4 is 23.4 Å². The molecule has 1 fully saturated rings. The molecule has 0 aliphatic heterocycles. The minimum Gasteiger partial charge on any atom is -0.353 e. The highest BCUT2D eigenvalue weighted by molar-refractivity contribution is 6.30. The maximum atomic E-state index is 12.0. The van der Waals surface area contributed by atoms with Gasteiger partial charge in [0.15, 0.2) is 0 Å². The first-order valence-electron chi connectivity index (χ1n) is 8.34. The molecule has 1 saturated carbocycles. The maximum absolute atomic E-state index is 12.0. The summed E-state index contributed by atoms with van der Waals surface area (Å²) < 4.78 is 0. The summed E-state index contributed by atoms with van der Waals surface area (Å²) in [6.07, 6.45) is 5.70. The quantitative estimate of drug-likeness (QED) is 0.831.